The van der Waals surface area contributed by atoms with Crippen molar-refractivity contribution in [3.63, 3.8) is 0 Å². The molecule has 1 aromatic heterocycles. The van der Waals surface area contributed by atoms with E-state index in [0.717, 1.165) is 62.4 Å². The number of ether oxygens (including phenoxy) is 1. The number of nitrogens with one attached hydrogen (secondary N) is 1. The molecule has 2 aliphatic rings. The van der Waals surface area contributed by atoms with E-state index in [1.807, 2.05) is 36.4 Å². The summed E-state index contributed by atoms with van der Waals surface area (Å²) in [5.74, 6) is 2.26. The number of rotatable bonds is 3. The zero-order valence-corrected chi connectivity index (χ0v) is 24.9. The van der Waals surface area contributed by atoms with Crippen LogP contribution in [-0.2, 0) is 6.54 Å². The fraction of sp³-hybridized carbons (Fsp3) is 0.289. The first-order chi connectivity index (χ1) is 20.9. The topological polar surface area (TPSA) is 64.1 Å². The Morgan fingerprint density at radius 2 is 1.60 bits per heavy atom. The lowest BCUT2D eigenvalue weighted by atomic mass is 9.64. The van der Waals surface area contributed by atoms with Gasteiger partial charge in [-0.2, -0.15) is 0 Å². The van der Waals surface area contributed by atoms with Gasteiger partial charge in [-0.25, -0.2) is 9.97 Å². The largest absolute Gasteiger partial charge is 0.487 e. The minimum absolute atomic E-state index is 0.122. The molecule has 0 radical (unpaired) electrons. The fourth-order valence-electron chi connectivity index (χ4n) is 7.76. The maximum Gasteiger partial charge on any atom is 0.251 e. The molecule has 3 atom stereocenters. The molecule has 1 saturated carbocycles. The summed E-state index contributed by atoms with van der Waals surface area (Å²) in [6, 6.07) is 28.5. The average Bonchev–Trinajstić information content (AvgIpc) is 3.02. The zero-order valence-electron chi connectivity index (χ0n) is 24.9. The summed E-state index contributed by atoms with van der Waals surface area (Å²) < 4.78 is 6.89. The van der Waals surface area contributed by atoms with E-state index in [1.54, 1.807) is 0 Å². The van der Waals surface area contributed by atoms with Crippen molar-refractivity contribution < 1.29 is 9.53 Å². The molecule has 1 amide bonds. The number of fused-ring (bicyclic) bond motifs is 10. The van der Waals surface area contributed by atoms with Crippen molar-refractivity contribution in [1.82, 2.24) is 15.3 Å². The molecule has 0 spiro atoms. The van der Waals surface area contributed by atoms with Crippen molar-refractivity contribution in [2.75, 3.05) is 0 Å². The van der Waals surface area contributed by atoms with E-state index in [-0.39, 0.29) is 11.5 Å². The minimum Gasteiger partial charge on any atom is -0.487 e. The van der Waals surface area contributed by atoms with E-state index in [9.17, 15) is 4.79 Å². The lowest BCUT2D eigenvalue weighted by molar-refractivity contribution is -0.0115. The monoisotopic (exact) mass is 565 g/mol. The number of carbonyl (C=O) groups excluding carboxylic acids is 1. The molecule has 3 unspecified atom stereocenters. The van der Waals surface area contributed by atoms with Gasteiger partial charge in [0.05, 0.1) is 22.1 Å². The number of nitrogens with zero attached hydrogens (tertiary/aromatic N) is 2. The minimum atomic E-state index is -0.256. The van der Waals surface area contributed by atoms with Crippen LogP contribution in [0.2, 0.25) is 0 Å². The first-order valence-electron chi connectivity index (χ1n) is 15.5. The van der Waals surface area contributed by atoms with Gasteiger partial charge in [-0.3, -0.25) is 4.79 Å². The summed E-state index contributed by atoms with van der Waals surface area (Å²) in [6.07, 6.45) is 3.49. The second kappa shape index (κ2) is 9.77. The lowest BCUT2D eigenvalue weighted by Crippen LogP contribution is -2.46. The van der Waals surface area contributed by atoms with Crippen LogP contribution in [0.1, 0.15) is 67.4 Å². The van der Waals surface area contributed by atoms with Crippen LogP contribution in [0.4, 0.5) is 0 Å². The van der Waals surface area contributed by atoms with Crippen molar-refractivity contribution in [2.24, 2.45) is 11.8 Å². The molecule has 0 bridgehead atoms. The van der Waals surface area contributed by atoms with Crippen LogP contribution in [0.25, 0.3) is 43.6 Å². The molecule has 5 heteroatoms. The fourth-order valence-corrected chi connectivity index (χ4v) is 7.76. The Kier molecular flexibility index (Phi) is 5.94. The standard InChI is InChI=1S/C38H35N3O2/c1-22-15-17-30-29(19-22)33-35-34(27-13-6-7-14-28(27)36(33)43-38(30,2)3)40-31-18-16-24(20-32(31)41-35)37(42)39-21-25-11-8-10-23-9-4-5-12-26(23)25/h4-14,16,18,20,22,29-30H,15,17,19,21H2,1-3H3,(H,39,42). The first-order valence-corrected chi connectivity index (χ1v) is 15.5. The van der Waals surface area contributed by atoms with E-state index in [4.69, 9.17) is 14.7 Å². The van der Waals surface area contributed by atoms with Gasteiger partial charge in [0.25, 0.3) is 5.91 Å². The molecule has 2 heterocycles. The number of hydrogen-bond donors (Lipinski definition) is 1. The van der Waals surface area contributed by atoms with Crippen molar-refractivity contribution in [3.05, 3.63) is 102 Å². The summed E-state index contributed by atoms with van der Waals surface area (Å²) in [6.45, 7) is 7.32. The predicted molar refractivity (Wildman–Crippen MR) is 174 cm³/mol. The number of amides is 1. The summed E-state index contributed by atoms with van der Waals surface area (Å²) >= 11 is 0. The summed E-state index contributed by atoms with van der Waals surface area (Å²) in [5.41, 5.74) is 5.96. The molecule has 8 rings (SSSR count). The Hall–Kier alpha value is -4.51. The van der Waals surface area contributed by atoms with Crippen LogP contribution < -0.4 is 10.1 Å². The lowest BCUT2D eigenvalue weighted by Gasteiger charge is -2.49. The van der Waals surface area contributed by atoms with Crippen molar-refractivity contribution in [2.45, 2.75) is 58.1 Å². The van der Waals surface area contributed by atoms with Crippen LogP contribution >= 0.6 is 0 Å². The maximum absolute atomic E-state index is 13.4. The number of benzene rings is 5. The summed E-state index contributed by atoms with van der Waals surface area (Å²) in [7, 11) is 0. The van der Waals surface area contributed by atoms with E-state index in [0.29, 0.717) is 29.9 Å². The Bertz CT molecular complexity index is 2080. The molecule has 1 N–H and O–H groups in total. The van der Waals surface area contributed by atoms with E-state index >= 15 is 0 Å². The van der Waals surface area contributed by atoms with Gasteiger partial charge in [0.2, 0.25) is 0 Å². The molecule has 43 heavy (non-hydrogen) atoms. The van der Waals surface area contributed by atoms with Gasteiger partial charge >= 0.3 is 0 Å². The number of hydrogen-bond acceptors (Lipinski definition) is 4. The third-order valence-corrected chi connectivity index (χ3v) is 9.91. The predicted octanol–water partition coefficient (Wildman–Crippen LogP) is 8.71. The summed E-state index contributed by atoms with van der Waals surface area (Å²) in [5, 5.41) is 7.61. The first kappa shape index (κ1) is 26.1. The van der Waals surface area contributed by atoms with Gasteiger partial charge in [-0.05, 0) is 73.1 Å². The summed E-state index contributed by atoms with van der Waals surface area (Å²) in [4.78, 5) is 23.9. The molecule has 5 aromatic carbocycles. The molecule has 1 aliphatic carbocycles. The molecule has 6 aromatic rings. The van der Waals surface area contributed by atoms with Crippen molar-refractivity contribution in [1.29, 1.82) is 0 Å². The van der Waals surface area contributed by atoms with Gasteiger partial charge < -0.3 is 10.1 Å². The van der Waals surface area contributed by atoms with Crippen LogP contribution in [-0.4, -0.2) is 21.5 Å². The van der Waals surface area contributed by atoms with Crippen LogP contribution in [0.3, 0.4) is 0 Å². The second-order valence-corrected chi connectivity index (χ2v) is 13.1. The average molecular weight is 566 g/mol. The van der Waals surface area contributed by atoms with Crippen LogP contribution in [0.5, 0.6) is 5.75 Å². The third-order valence-electron chi connectivity index (χ3n) is 9.91. The highest BCUT2D eigenvalue weighted by molar-refractivity contribution is 6.11. The zero-order chi connectivity index (χ0) is 29.3. The molecule has 5 nitrogen and oxygen atoms in total. The van der Waals surface area contributed by atoms with E-state index in [2.05, 4.69) is 74.6 Å². The normalized spacial score (nSPS) is 21.0. The Morgan fingerprint density at radius 1 is 0.860 bits per heavy atom. The van der Waals surface area contributed by atoms with Crippen molar-refractivity contribution >= 4 is 49.5 Å². The van der Waals surface area contributed by atoms with Gasteiger partial charge in [-0.15, -0.1) is 0 Å². The second-order valence-electron chi connectivity index (χ2n) is 13.1. The molecule has 1 fully saturated rings. The van der Waals surface area contributed by atoms with E-state index < -0.39 is 0 Å². The third kappa shape index (κ3) is 4.24. The highest BCUT2D eigenvalue weighted by Crippen LogP contribution is 2.56. The maximum atomic E-state index is 13.4. The Morgan fingerprint density at radius 3 is 2.47 bits per heavy atom. The SMILES string of the molecule is CC1CCC2C(C1)c1c(c3ccccc3c3nc4ccc(C(=O)NCc5cccc6ccccc56)cc4nc13)OC2(C)C. The number of aromatic nitrogens is 2. The van der Waals surface area contributed by atoms with Gasteiger partial charge in [-0.1, -0.05) is 80.1 Å². The molecular formula is C38H35N3O2. The Balaban J connectivity index is 1.24. The van der Waals surface area contributed by atoms with Crippen LogP contribution in [0.15, 0.2) is 84.9 Å². The van der Waals surface area contributed by atoms with Crippen LogP contribution in [0, 0.1) is 11.8 Å². The molecular weight excluding hydrogens is 530 g/mol. The molecule has 214 valence electrons. The van der Waals surface area contributed by atoms with Gasteiger partial charge in [0.1, 0.15) is 11.4 Å². The Labute approximate surface area is 251 Å². The smallest absolute Gasteiger partial charge is 0.251 e. The van der Waals surface area contributed by atoms with Gasteiger partial charge in [0, 0.05) is 34.4 Å². The van der Waals surface area contributed by atoms with Crippen molar-refractivity contribution in [3.8, 4) is 5.75 Å². The quantitative estimate of drug-likeness (QED) is 0.172. The van der Waals surface area contributed by atoms with Gasteiger partial charge in [0.15, 0.2) is 0 Å². The highest BCUT2D eigenvalue weighted by Gasteiger charge is 2.47. The van der Waals surface area contributed by atoms with E-state index in [1.165, 1.54) is 17.4 Å². The highest BCUT2D eigenvalue weighted by atomic mass is 16.5. The molecule has 0 saturated heterocycles. The number of carbonyl (C=O) groups is 1. The molecule has 1 aliphatic heterocycles.